The summed E-state index contributed by atoms with van der Waals surface area (Å²) in [4.78, 5) is 0. The highest BCUT2D eigenvalue weighted by atomic mass is 14.3. The zero-order chi connectivity index (χ0) is 35.9. The summed E-state index contributed by atoms with van der Waals surface area (Å²) in [6, 6.07) is 45.4. The molecule has 0 fully saturated rings. The van der Waals surface area contributed by atoms with Gasteiger partial charge in [-0.2, -0.15) is 0 Å². The summed E-state index contributed by atoms with van der Waals surface area (Å²) in [6.45, 7) is 13.0. The van der Waals surface area contributed by atoms with Crippen molar-refractivity contribution in [2.24, 2.45) is 0 Å². The Kier molecular flexibility index (Phi) is 5.12. The number of hydrogen-bond acceptors (Lipinski definition) is 0. The fourth-order valence-corrected chi connectivity index (χ4v) is 10.9. The molecule has 54 heavy (non-hydrogen) atoms. The summed E-state index contributed by atoms with van der Waals surface area (Å²) >= 11 is 0. The smallest absolute Gasteiger partial charge is 0.00132 e. The van der Waals surface area contributed by atoms with Crippen LogP contribution in [-0.2, 0) is 0 Å². The molecule has 0 aliphatic rings. The molecule has 13 aromatic carbocycles. The molecule has 13 aromatic rings. The molecule has 0 aliphatic carbocycles. The third-order valence-corrected chi connectivity index (χ3v) is 13.2. The Hall–Kier alpha value is -6.50. The van der Waals surface area contributed by atoms with Gasteiger partial charge in [0.2, 0.25) is 0 Å². The minimum atomic E-state index is 1.15. The molecular formula is C54H34. The molecule has 0 N–H and O–H groups in total. The van der Waals surface area contributed by atoms with Crippen LogP contribution in [0.25, 0.3) is 136 Å². The Bertz CT molecular complexity index is 3800. The summed E-state index contributed by atoms with van der Waals surface area (Å²) in [5, 5.41) is 30.0. The van der Waals surface area contributed by atoms with Crippen molar-refractivity contribution in [3.8, 4) is 11.1 Å². The maximum atomic E-state index is 4.16. The van der Waals surface area contributed by atoms with Crippen LogP contribution in [0.4, 0.5) is 0 Å². The van der Waals surface area contributed by atoms with Crippen molar-refractivity contribution in [1.29, 1.82) is 0 Å². The molecule has 0 radical (unpaired) electrons. The highest BCUT2D eigenvalue weighted by Gasteiger charge is 2.25. The van der Waals surface area contributed by atoms with Crippen molar-refractivity contribution in [2.75, 3.05) is 0 Å². The molecule has 0 heteroatoms. The van der Waals surface area contributed by atoms with Gasteiger partial charge in [-0.05, 0) is 210 Å². The van der Waals surface area contributed by atoms with E-state index in [1.807, 2.05) is 6.08 Å². The predicted molar refractivity (Wildman–Crippen MR) is 238 cm³/mol. The Morgan fingerprint density at radius 2 is 0.796 bits per heavy atom. The van der Waals surface area contributed by atoms with Gasteiger partial charge in [-0.1, -0.05) is 103 Å². The predicted octanol–water partition coefficient (Wildman–Crippen LogP) is 15.7. The van der Waals surface area contributed by atoms with Gasteiger partial charge in [0.15, 0.2) is 0 Å². The lowest BCUT2D eigenvalue weighted by atomic mass is 9.85. The summed E-state index contributed by atoms with van der Waals surface area (Å²) in [5.41, 5.74) is 8.96. The Labute approximate surface area is 311 Å². The van der Waals surface area contributed by atoms with Crippen LogP contribution in [0.3, 0.4) is 0 Å². The summed E-state index contributed by atoms with van der Waals surface area (Å²) < 4.78 is 0. The second kappa shape index (κ2) is 9.53. The number of aryl methyl sites for hydroxylation is 4. The SMILES string of the molecule is C=Cc1ccc2c(c1)c1cc(-c3cc(C)cc(C)c3)ccc1c1c3cc4cc5ccc6c7cc(C)c(C)cc7c7cc8cc9ccc(c21)c3c9c4c8c5c67. The van der Waals surface area contributed by atoms with Crippen LogP contribution < -0.4 is 0 Å². The topological polar surface area (TPSA) is 0 Å². The maximum absolute atomic E-state index is 4.16. The van der Waals surface area contributed by atoms with Crippen LogP contribution in [0, 0.1) is 27.7 Å². The molecule has 0 spiro atoms. The number of fused-ring (bicyclic) bond motifs is 11. The van der Waals surface area contributed by atoms with Gasteiger partial charge in [-0.15, -0.1) is 0 Å². The second-order valence-electron chi connectivity index (χ2n) is 16.3. The van der Waals surface area contributed by atoms with E-state index in [0.29, 0.717) is 0 Å². The fourth-order valence-electron chi connectivity index (χ4n) is 10.9. The average Bonchev–Trinajstić information content (AvgIpc) is 3.67. The van der Waals surface area contributed by atoms with Crippen molar-refractivity contribution < 1.29 is 0 Å². The minimum absolute atomic E-state index is 1.15. The quantitative estimate of drug-likeness (QED) is 0.126. The molecule has 13 rings (SSSR count). The minimum Gasteiger partial charge on any atom is -0.0985 e. The van der Waals surface area contributed by atoms with E-state index in [1.54, 1.807) is 0 Å². The molecule has 0 amide bonds. The molecule has 0 saturated heterocycles. The average molecular weight is 683 g/mol. The van der Waals surface area contributed by atoms with Crippen molar-refractivity contribution in [1.82, 2.24) is 0 Å². The first-order chi connectivity index (χ1) is 26.3. The highest BCUT2D eigenvalue weighted by Crippen LogP contribution is 2.54. The Morgan fingerprint density at radius 1 is 0.315 bits per heavy atom. The molecule has 0 aliphatic heterocycles. The van der Waals surface area contributed by atoms with Gasteiger partial charge >= 0.3 is 0 Å². The first kappa shape index (κ1) is 29.0. The van der Waals surface area contributed by atoms with E-state index in [4.69, 9.17) is 0 Å². The molecule has 0 unspecified atom stereocenters. The summed E-state index contributed by atoms with van der Waals surface area (Å²) in [7, 11) is 0. The van der Waals surface area contributed by atoms with Crippen LogP contribution in [0.1, 0.15) is 27.8 Å². The van der Waals surface area contributed by atoms with Crippen LogP contribution in [0.15, 0.2) is 122 Å². The first-order valence-electron chi connectivity index (χ1n) is 19.2. The number of rotatable bonds is 2. The largest absolute Gasteiger partial charge is 0.0985 e. The van der Waals surface area contributed by atoms with Crippen molar-refractivity contribution in [3.63, 3.8) is 0 Å². The van der Waals surface area contributed by atoms with E-state index in [9.17, 15) is 0 Å². The van der Waals surface area contributed by atoms with Gasteiger partial charge < -0.3 is 0 Å². The molecule has 0 aromatic heterocycles. The van der Waals surface area contributed by atoms with Crippen LogP contribution >= 0.6 is 0 Å². The molecule has 0 saturated carbocycles. The van der Waals surface area contributed by atoms with Crippen LogP contribution in [-0.4, -0.2) is 0 Å². The van der Waals surface area contributed by atoms with Crippen molar-refractivity contribution >= 4 is 125 Å². The molecule has 0 heterocycles. The van der Waals surface area contributed by atoms with Crippen LogP contribution in [0.5, 0.6) is 0 Å². The van der Waals surface area contributed by atoms with E-state index >= 15 is 0 Å². The molecule has 250 valence electrons. The monoisotopic (exact) mass is 682 g/mol. The van der Waals surface area contributed by atoms with Gasteiger partial charge in [0.25, 0.3) is 0 Å². The number of benzene rings is 11. The fraction of sp³-hybridized carbons (Fsp3) is 0.0741. The van der Waals surface area contributed by atoms with Crippen LogP contribution in [0.2, 0.25) is 0 Å². The number of hydrogen-bond donors (Lipinski definition) is 0. The van der Waals surface area contributed by atoms with Gasteiger partial charge in [0, 0.05) is 0 Å². The normalized spacial score (nSPS) is 12.9. The second-order valence-corrected chi connectivity index (χ2v) is 16.3. The maximum Gasteiger partial charge on any atom is -0.00132 e. The Morgan fingerprint density at radius 3 is 1.46 bits per heavy atom. The molecule has 0 bridgehead atoms. The van der Waals surface area contributed by atoms with E-state index in [2.05, 4.69) is 150 Å². The highest BCUT2D eigenvalue weighted by molar-refractivity contribution is 6.50. The van der Waals surface area contributed by atoms with E-state index < -0.39 is 0 Å². The first-order valence-corrected chi connectivity index (χ1v) is 19.2. The van der Waals surface area contributed by atoms with Gasteiger partial charge in [-0.25, -0.2) is 0 Å². The lowest BCUT2D eigenvalue weighted by Gasteiger charge is -2.18. The molecular weight excluding hydrogens is 649 g/mol. The van der Waals surface area contributed by atoms with Gasteiger partial charge in [0.1, 0.15) is 0 Å². The zero-order valence-electron chi connectivity index (χ0n) is 30.8. The lowest BCUT2D eigenvalue weighted by Crippen LogP contribution is -1.89. The third kappa shape index (κ3) is 3.37. The van der Waals surface area contributed by atoms with E-state index in [1.165, 1.54) is 152 Å². The molecule has 0 atom stereocenters. The molecule has 0 nitrogen and oxygen atoms in total. The van der Waals surface area contributed by atoms with E-state index in [-0.39, 0.29) is 0 Å². The Balaban J connectivity index is 1.24. The zero-order valence-corrected chi connectivity index (χ0v) is 30.8. The third-order valence-electron chi connectivity index (χ3n) is 13.2. The van der Waals surface area contributed by atoms with Crippen molar-refractivity contribution in [2.45, 2.75) is 27.7 Å². The van der Waals surface area contributed by atoms with Gasteiger partial charge in [-0.3, -0.25) is 0 Å². The van der Waals surface area contributed by atoms with E-state index in [0.717, 1.165) is 5.56 Å². The lowest BCUT2D eigenvalue weighted by molar-refractivity contribution is 1.37. The van der Waals surface area contributed by atoms with Crippen molar-refractivity contribution in [3.05, 3.63) is 150 Å². The summed E-state index contributed by atoms with van der Waals surface area (Å²) in [6.07, 6.45) is 1.98. The van der Waals surface area contributed by atoms with Gasteiger partial charge in [0.05, 0.1) is 0 Å². The summed E-state index contributed by atoms with van der Waals surface area (Å²) in [5.74, 6) is 0. The standard InChI is InChI=1S/C54H34/c1-6-30-7-11-37-43(20-30)44-23-31(34-16-26(2)15-27(3)17-34)8-12-39(44)53-46-25-36-22-32-9-13-38-41-18-28(4)29(5)19-42(41)45-24-35-21-33-10-14-40(51(37)53)54(46)48(33)50(36)49(35)47(32)52(38)45/h6-25H,1H2,2-5H3.